The Labute approximate surface area is 109 Å². The van der Waals surface area contributed by atoms with Crippen LogP contribution in [0.3, 0.4) is 0 Å². The average Bonchev–Trinajstić information content (AvgIpc) is 2.72. The van der Waals surface area contributed by atoms with E-state index in [1.165, 1.54) is 22.0 Å². The second-order valence-corrected chi connectivity index (χ2v) is 4.85. The van der Waals surface area contributed by atoms with E-state index < -0.39 is 0 Å². The van der Waals surface area contributed by atoms with Crippen LogP contribution < -0.4 is 5.32 Å². The third-order valence-corrected chi connectivity index (χ3v) is 3.22. The number of hydrogen-bond acceptors (Lipinski definition) is 1. The summed E-state index contributed by atoms with van der Waals surface area (Å²) in [6.07, 6.45) is 3.32. The maximum Gasteiger partial charge on any atom is 0.0483 e. The second-order valence-electron chi connectivity index (χ2n) is 4.85. The molecule has 2 rings (SSSR count). The van der Waals surface area contributed by atoms with Crippen molar-refractivity contribution in [3.8, 4) is 0 Å². The van der Waals surface area contributed by atoms with Gasteiger partial charge in [0.25, 0.3) is 0 Å². The fourth-order valence-electron chi connectivity index (χ4n) is 2.22. The Kier molecular flexibility index (Phi) is 4.21. The van der Waals surface area contributed by atoms with E-state index in [0.29, 0.717) is 0 Å². The van der Waals surface area contributed by atoms with Gasteiger partial charge in [-0.15, -0.1) is 6.58 Å². The lowest BCUT2D eigenvalue weighted by molar-refractivity contribution is 0.699. The van der Waals surface area contributed by atoms with Crippen LogP contribution in [0, 0.1) is 0 Å². The quantitative estimate of drug-likeness (QED) is 0.764. The topological polar surface area (TPSA) is 17.0 Å². The Morgan fingerprint density at radius 3 is 2.83 bits per heavy atom. The van der Waals surface area contributed by atoms with Crippen molar-refractivity contribution < 1.29 is 0 Å². The van der Waals surface area contributed by atoms with Crippen LogP contribution in [0.2, 0.25) is 0 Å². The van der Waals surface area contributed by atoms with Crippen LogP contribution in [0.25, 0.3) is 10.9 Å². The summed E-state index contributed by atoms with van der Waals surface area (Å²) in [7, 11) is 0. The molecule has 0 saturated carbocycles. The fourth-order valence-corrected chi connectivity index (χ4v) is 2.22. The largest absolute Gasteiger partial charge is 0.347 e. The van der Waals surface area contributed by atoms with Crippen LogP contribution >= 0.6 is 0 Å². The van der Waals surface area contributed by atoms with Crippen molar-refractivity contribution in [3.05, 3.63) is 48.2 Å². The highest BCUT2D eigenvalue weighted by molar-refractivity contribution is 5.83. The zero-order valence-corrected chi connectivity index (χ0v) is 11.4. The van der Waals surface area contributed by atoms with Crippen LogP contribution in [-0.2, 0) is 13.1 Å². The van der Waals surface area contributed by atoms with Gasteiger partial charge < -0.3 is 9.88 Å². The molecule has 0 aliphatic heterocycles. The van der Waals surface area contributed by atoms with E-state index in [9.17, 15) is 0 Å². The van der Waals surface area contributed by atoms with Crippen molar-refractivity contribution in [2.24, 2.45) is 0 Å². The first kappa shape index (κ1) is 12.9. The molecule has 0 aliphatic rings. The number of nitrogens with one attached hydrogen (secondary N) is 1. The minimum Gasteiger partial charge on any atom is -0.347 e. The number of fused-ring (bicyclic) bond motifs is 1. The molecule has 0 fully saturated rings. The second kappa shape index (κ2) is 5.87. The van der Waals surface area contributed by atoms with Crippen molar-refractivity contribution in [2.75, 3.05) is 6.54 Å². The minimum atomic E-state index is 0.942. The molecule has 1 heterocycles. The van der Waals surface area contributed by atoms with Crippen molar-refractivity contribution in [1.82, 2.24) is 9.88 Å². The molecular formula is C16H22N2. The van der Waals surface area contributed by atoms with E-state index in [0.717, 1.165) is 26.1 Å². The van der Waals surface area contributed by atoms with Crippen molar-refractivity contribution in [1.29, 1.82) is 0 Å². The highest BCUT2D eigenvalue weighted by Gasteiger charge is 2.07. The smallest absolute Gasteiger partial charge is 0.0483 e. The molecule has 2 aromatic rings. The Bertz CT molecular complexity index is 537. The molecule has 0 radical (unpaired) electrons. The van der Waals surface area contributed by atoms with Gasteiger partial charge in [0.15, 0.2) is 0 Å². The van der Waals surface area contributed by atoms with E-state index >= 15 is 0 Å². The minimum absolute atomic E-state index is 0.942. The van der Waals surface area contributed by atoms with Gasteiger partial charge in [0.2, 0.25) is 0 Å². The summed E-state index contributed by atoms with van der Waals surface area (Å²) in [5.41, 5.74) is 3.95. The highest BCUT2D eigenvalue weighted by Crippen LogP contribution is 2.22. The zero-order valence-electron chi connectivity index (χ0n) is 11.4. The molecule has 2 heteroatoms. The highest BCUT2D eigenvalue weighted by atomic mass is 15.0. The summed E-state index contributed by atoms with van der Waals surface area (Å²) >= 11 is 0. The van der Waals surface area contributed by atoms with Gasteiger partial charge >= 0.3 is 0 Å². The number of nitrogens with zero attached hydrogens (tertiary/aromatic N) is 1. The third-order valence-electron chi connectivity index (χ3n) is 3.22. The lowest BCUT2D eigenvalue weighted by Gasteiger charge is -2.04. The number of hydrogen-bond donors (Lipinski definition) is 1. The van der Waals surface area contributed by atoms with Crippen LogP contribution in [-0.4, -0.2) is 11.1 Å². The van der Waals surface area contributed by atoms with E-state index in [1.807, 2.05) is 0 Å². The third kappa shape index (κ3) is 2.82. The standard InChI is InChI=1S/C16H22N2/c1-4-17-11-14-12-18(10-9-13(2)3)16-8-6-5-7-15(14)16/h5-8,12,17H,2,4,9-11H2,1,3H3. The Hall–Kier alpha value is -1.54. The first-order valence-corrected chi connectivity index (χ1v) is 6.64. The summed E-state index contributed by atoms with van der Waals surface area (Å²) in [5, 5.41) is 4.77. The average molecular weight is 242 g/mol. The molecule has 1 N–H and O–H groups in total. The summed E-state index contributed by atoms with van der Waals surface area (Å²) in [4.78, 5) is 0. The van der Waals surface area contributed by atoms with Gasteiger partial charge in [-0.2, -0.15) is 0 Å². The number of aromatic nitrogens is 1. The van der Waals surface area contributed by atoms with Gasteiger partial charge in [0.05, 0.1) is 0 Å². The summed E-state index contributed by atoms with van der Waals surface area (Å²) in [6, 6.07) is 8.62. The lowest BCUT2D eigenvalue weighted by atomic mass is 10.2. The SMILES string of the molecule is C=C(C)CCn1cc(CNCC)c2ccccc21. The summed E-state index contributed by atoms with van der Waals surface area (Å²) < 4.78 is 2.34. The molecule has 1 aromatic carbocycles. The van der Waals surface area contributed by atoms with Gasteiger partial charge in [-0.25, -0.2) is 0 Å². The predicted octanol–water partition coefficient (Wildman–Crippen LogP) is 3.72. The maximum atomic E-state index is 3.98. The molecular weight excluding hydrogens is 220 g/mol. The van der Waals surface area contributed by atoms with Crippen LogP contribution in [0.4, 0.5) is 0 Å². The Balaban J connectivity index is 2.31. The van der Waals surface area contributed by atoms with Gasteiger partial charge in [-0.1, -0.05) is 30.7 Å². The van der Waals surface area contributed by atoms with Crippen LogP contribution in [0.1, 0.15) is 25.8 Å². The maximum absolute atomic E-state index is 3.98. The van der Waals surface area contributed by atoms with E-state index in [2.05, 4.69) is 60.8 Å². The molecule has 0 atom stereocenters. The molecule has 0 spiro atoms. The lowest BCUT2D eigenvalue weighted by Crippen LogP contribution is -2.11. The fraction of sp³-hybridized carbons (Fsp3) is 0.375. The van der Waals surface area contributed by atoms with Gasteiger partial charge in [0.1, 0.15) is 0 Å². The number of allylic oxidation sites excluding steroid dienone is 1. The summed E-state index contributed by atoms with van der Waals surface area (Å²) in [5.74, 6) is 0. The van der Waals surface area contributed by atoms with E-state index in [1.54, 1.807) is 0 Å². The molecule has 0 saturated heterocycles. The van der Waals surface area contributed by atoms with Crippen molar-refractivity contribution >= 4 is 10.9 Å². The summed E-state index contributed by atoms with van der Waals surface area (Å²) in [6.45, 7) is 11.2. The number of aryl methyl sites for hydroxylation is 1. The van der Waals surface area contributed by atoms with Gasteiger partial charge in [-0.05, 0) is 31.5 Å². The predicted molar refractivity (Wildman–Crippen MR) is 78.7 cm³/mol. The number of para-hydroxylation sites is 1. The monoisotopic (exact) mass is 242 g/mol. The molecule has 1 aromatic heterocycles. The zero-order chi connectivity index (χ0) is 13.0. The Morgan fingerprint density at radius 2 is 2.11 bits per heavy atom. The molecule has 0 bridgehead atoms. The van der Waals surface area contributed by atoms with E-state index in [4.69, 9.17) is 0 Å². The van der Waals surface area contributed by atoms with E-state index in [-0.39, 0.29) is 0 Å². The molecule has 18 heavy (non-hydrogen) atoms. The molecule has 0 aliphatic carbocycles. The Morgan fingerprint density at radius 1 is 1.33 bits per heavy atom. The molecule has 0 unspecified atom stereocenters. The van der Waals surface area contributed by atoms with Crippen molar-refractivity contribution in [3.63, 3.8) is 0 Å². The molecule has 96 valence electrons. The molecule has 2 nitrogen and oxygen atoms in total. The number of rotatable bonds is 6. The first-order chi connectivity index (χ1) is 8.72. The van der Waals surface area contributed by atoms with Crippen molar-refractivity contribution in [2.45, 2.75) is 33.4 Å². The van der Waals surface area contributed by atoms with Gasteiger partial charge in [-0.3, -0.25) is 0 Å². The number of benzene rings is 1. The first-order valence-electron chi connectivity index (χ1n) is 6.64. The normalized spacial score (nSPS) is 11.0. The van der Waals surface area contributed by atoms with Crippen LogP contribution in [0.5, 0.6) is 0 Å². The van der Waals surface area contributed by atoms with Gasteiger partial charge in [0, 0.05) is 30.2 Å². The molecule has 0 amide bonds. The van der Waals surface area contributed by atoms with Crippen LogP contribution in [0.15, 0.2) is 42.6 Å².